The van der Waals surface area contributed by atoms with Crippen LogP contribution in [-0.4, -0.2) is 61.9 Å². The van der Waals surface area contributed by atoms with Gasteiger partial charge in [0.05, 0.1) is 12.7 Å². The number of benzene rings is 1. The van der Waals surface area contributed by atoms with Crippen LogP contribution in [0.25, 0.3) is 11.3 Å². The largest absolute Gasteiger partial charge is 0.507 e. The predicted octanol–water partition coefficient (Wildman–Crippen LogP) is 1.82. The molecule has 0 spiro atoms. The van der Waals surface area contributed by atoms with E-state index in [0.717, 1.165) is 30.5 Å². The number of carboxylic acids is 1. The molecule has 26 heavy (non-hydrogen) atoms. The molecule has 3 rings (SSSR count). The summed E-state index contributed by atoms with van der Waals surface area (Å²) < 4.78 is 0. The van der Waals surface area contributed by atoms with E-state index in [-0.39, 0.29) is 18.3 Å². The zero-order valence-electron chi connectivity index (χ0n) is 14.9. The monoisotopic (exact) mass is 357 g/mol. The van der Waals surface area contributed by atoms with Crippen molar-refractivity contribution in [2.75, 3.05) is 25.0 Å². The van der Waals surface area contributed by atoms with E-state index < -0.39 is 5.97 Å². The molecule has 8 heteroatoms. The normalized spacial score (nSPS) is 17.8. The van der Waals surface area contributed by atoms with E-state index in [1.165, 1.54) is 0 Å². The number of carbonyl (C=O) groups is 1. The number of likely N-dealkylation sites (tertiary alicyclic amines) is 1. The smallest absolute Gasteiger partial charge is 0.317 e. The highest BCUT2D eigenvalue weighted by Crippen LogP contribution is 2.31. The summed E-state index contributed by atoms with van der Waals surface area (Å²) >= 11 is 0. The van der Waals surface area contributed by atoms with Crippen molar-refractivity contribution >= 4 is 11.9 Å². The summed E-state index contributed by atoms with van der Waals surface area (Å²) in [6.45, 7) is 5.30. The molecule has 0 radical (unpaired) electrons. The maximum Gasteiger partial charge on any atom is 0.317 e. The molecule has 1 aromatic carbocycles. The first-order valence-electron chi connectivity index (χ1n) is 8.63. The van der Waals surface area contributed by atoms with Crippen molar-refractivity contribution in [2.45, 2.75) is 32.7 Å². The molecule has 1 unspecified atom stereocenters. The fourth-order valence-electron chi connectivity index (χ4n) is 3.43. The van der Waals surface area contributed by atoms with Gasteiger partial charge in [0.25, 0.3) is 0 Å². The van der Waals surface area contributed by atoms with Crippen LogP contribution in [-0.2, 0) is 4.79 Å². The van der Waals surface area contributed by atoms with Gasteiger partial charge in [0, 0.05) is 18.2 Å². The number of aryl methyl sites for hydroxylation is 2. The molecule has 3 N–H and O–H groups in total. The number of aliphatic carboxylic acids is 1. The highest BCUT2D eigenvalue weighted by molar-refractivity contribution is 5.70. The van der Waals surface area contributed by atoms with E-state index in [9.17, 15) is 9.90 Å². The van der Waals surface area contributed by atoms with E-state index in [4.69, 9.17) is 5.11 Å². The number of aromatic nitrogens is 3. The third-order valence-electron chi connectivity index (χ3n) is 4.47. The summed E-state index contributed by atoms with van der Waals surface area (Å²) in [4.78, 5) is 17.1. The average Bonchev–Trinajstić information content (AvgIpc) is 2.55. The van der Waals surface area contributed by atoms with Crippen molar-refractivity contribution in [3.63, 3.8) is 0 Å². The van der Waals surface area contributed by atoms with Crippen LogP contribution >= 0.6 is 0 Å². The molecule has 0 bridgehead atoms. The fourth-order valence-corrected chi connectivity index (χ4v) is 3.43. The van der Waals surface area contributed by atoms with Crippen molar-refractivity contribution in [1.29, 1.82) is 0 Å². The molecule has 138 valence electrons. The SMILES string of the molecule is Cc1cc(C)c(-c2cnc(NC3CCCN(CC(=O)O)C3)nn2)c(O)c1. The summed E-state index contributed by atoms with van der Waals surface area (Å²) in [5.74, 6) is -0.253. The minimum absolute atomic E-state index is 0.0439. The number of nitrogens with one attached hydrogen (secondary N) is 1. The highest BCUT2D eigenvalue weighted by atomic mass is 16.4. The second-order valence-electron chi connectivity index (χ2n) is 6.76. The number of carboxylic acid groups (broad SMARTS) is 1. The molecular formula is C18H23N5O3. The molecule has 0 amide bonds. The molecule has 0 saturated carbocycles. The highest BCUT2D eigenvalue weighted by Gasteiger charge is 2.22. The van der Waals surface area contributed by atoms with Gasteiger partial charge in [0.1, 0.15) is 11.4 Å². The number of aromatic hydroxyl groups is 1. The molecule has 1 aliphatic heterocycles. The second kappa shape index (κ2) is 7.65. The van der Waals surface area contributed by atoms with Crippen LogP contribution in [0.3, 0.4) is 0 Å². The van der Waals surface area contributed by atoms with Crippen LogP contribution in [0.5, 0.6) is 5.75 Å². The lowest BCUT2D eigenvalue weighted by molar-refractivity contribution is -0.138. The van der Waals surface area contributed by atoms with E-state index in [1.54, 1.807) is 12.3 Å². The van der Waals surface area contributed by atoms with Crippen LogP contribution in [0, 0.1) is 13.8 Å². The Morgan fingerprint density at radius 2 is 2.15 bits per heavy atom. The molecular weight excluding hydrogens is 334 g/mol. The number of hydrogen-bond acceptors (Lipinski definition) is 7. The Hall–Kier alpha value is -2.74. The van der Waals surface area contributed by atoms with Gasteiger partial charge in [-0.3, -0.25) is 9.69 Å². The van der Waals surface area contributed by atoms with Gasteiger partial charge < -0.3 is 15.5 Å². The van der Waals surface area contributed by atoms with Crippen molar-refractivity contribution < 1.29 is 15.0 Å². The third kappa shape index (κ3) is 4.26. The average molecular weight is 357 g/mol. The zero-order chi connectivity index (χ0) is 18.7. The van der Waals surface area contributed by atoms with Crippen LogP contribution < -0.4 is 5.32 Å². The van der Waals surface area contributed by atoms with Gasteiger partial charge in [-0.05, 0) is 50.4 Å². The van der Waals surface area contributed by atoms with E-state index in [2.05, 4.69) is 20.5 Å². The van der Waals surface area contributed by atoms with Gasteiger partial charge in [-0.1, -0.05) is 6.07 Å². The molecule has 2 heterocycles. The molecule has 8 nitrogen and oxygen atoms in total. The fraction of sp³-hybridized carbons (Fsp3) is 0.444. The predicted molar refractivity (Wildman–Crippen MR) is 97.1 cm³/mol. The van der Waals surface area contributed by atoms with Crippen molar-refractivity contribution in [3.8, 4) is 17.0 Å². The molecule has 1 aromatic heterocycles. The standard InChI is InChI=1S/C18H23N5O3/c1-11-6-12(2)17(15(24)7-11)14-8-19-18(22-21-14)20-13-4-3-5-23(9-13)10-16(25)26/h6-8,13,24H,3-5,9-10H2,1-2H3,(H,25,26)(H,19,20,22). The quantitative estimate of drug-likeness (QED) is 0.743. The van der Waals surface area contributed by atoms with Crippen LogP contribution in [0.4, 0.5) is 5.95 Å². The minimum atomic E-state index is -0.818. The van der Waals surface area contributed by atoms with Crippen molar-refractivity contribution in [3.05, 3.63) is 29.5 Å². The second-order valence-corrected chi connectivity index (χ2v) is 6.76. The Morgan fingerprint density at radius 3 is 2.81 bits per heavy atom. The van der Waals surface area contributed by atoms with E-state index in [0.29, 0.717) is 23.8 Å². The maximum atomic E-state index is 10.9. The summed E-state index contributed by atoms with van der Waals surface area (Å²) in [6, 6.07) is 3.75. The van der Waals surface area contributed by atoms with Crippen LogP contribution in [0.15, 0.2) is 18.3 Å². The van der Waals surface area contributed by atoms with Gasteiger partial charge in [-0.2, -0.15) is 0 Å². The third-order valence-corrected chi connectivity index (χ3v) is 4.47. The number of piperidine rings is 1. The Kier molecular flexibility index (Phi) is 5.32. The summed E-state index contributed by atoms with van der Waals surface area (Å²) in [5, 5.41) is 30.6. The molecule has 1 atom stereocenters. The number of rotatable bonds is 5. The van der Waals surface area contributed by atoms with Crippen LogP contribution in [0.2, 0.25) is 0 Å². The topological polar surface area (TPSA) is 111 Å². The van der Waals surface area contributed by atoms with Gasteiger partial charge >= 0.3 is 5.97 Å². The van der Waals surface area contributed by atoms with Gasteiger partial charge in [-0.25, -0.2) is 4.98 Å². The van der Waals surface area contributed by atoms with Crippen LogP contribution in [0.1, 0.15) is 24.0 Å². The van der Waals surface area contributed by atoms with Gasteiger partial charge in [-0.15, -0.1) is 10.2 Å². The van der Waals surface area contributed by atoms with Gasteiger partial charge in [0.15, 0.2) is 0 Å². The van der Waals surface area contributed by atoms with E-state index in [1.807, 2.05) is 24.8 Å². The first kappa shape index (κ1) is 18.1. The summed E-state index contributed by atoms with van der Waals surface area (Å²) in [7, 11) is 0. The molecule has 2 aromatic rings. The Morgan fingerprint density at radius 1 is 1.35 bits per heavy atom. The molecule has 0 aliphatic carbocycles. The lowest BCUT2D eigenvalue weighted by Gasteiger charge is -2.31. The lowest BCUT2D eigenvalue weighted by atomic mass is 10.0. The Balaban J connectivity index is 1.69. The maximum absolute atomic E-state index is 10.9. The first-order chi connectivity index (χ1) is 12.4. The van der Waals surface area contributed by atoms with E-state index >= 15 is 0 Å². The molecule has 1 fully saturated rings. The number of anilines is 1. The van der Waals surface area contributed by atoms with Crippen molar-refractivity contribution in [2.24, 2.45) is 0 Å². The molecule has 1 aliphatic rings. The number of phenols is 1. The Labute approximate surface area is 151 Å². The lowest BCUT2D eigenvalue weighted by Crippen LogP contribution is -2.44. The minimum Gasteiger partial charge on any atom is -0.507 e. The van der Waals surface area contributed by atoms with Crippen molar-refractivity contribution in [1.82, 2.24) is 20.1 Å². The number of phenolic OH excluding ortho intramolecular Hbond substituents is 1. The number of nitrogens with zero attached hydrogens (tertiary/aromatic N) is 4. The van der Waals surface area contributed by atoms with Gasteiger partial charge in [0.2, 0.25) is 5.95 Å². The zero-order valence-corrected chi connectivity index (χ0v) is 14.9. The Bertz CT molecular complexity index is 771. The first-order valence-corrected chi connectivity index (χ1v) is 8.63. The number of hydrogen-bond donors (Lipinski definition) is 3. The summed E-state index contributed by atoms with van der Waals surface area (Å²) in [5.41, 5.74) is 3.04. The summed E-state index contributed by atoms with van der Waals surface area (Å²) in [6.07, 6.45) is 3.44. The molecule has 1 saturated heterocycles.